The fraction of sp³-hybridized carbons (Fsp3) is 0.583. The number of nitrogens with two attached hydrogens (primary N) is 1. The molecule has 18 heavy (non-hydrogen) atoms. The molecule has 6 nitrogen and oxygen atoms in total. The summed E-state index contributed by atoms with van der Waals surface area (Å²) in [4.78, 5) is 18.1. The van der Waals surface area contributed by atoms with Crippen molar-refractivity contribution in [1.29, 1.82) is 0 Å². The monoisotopic (exact) mass is 246 g/mol. The maximum Gasteiger partial charge on any atom is 0.224 e. The molecule has 0 aliphatic carbocycles. The molecular formula is C12H18N6. The zero-order chi connectivity index (χ0) is 12.5. The van der Waals surface area contributed by atoms with Crippen LogP contribution in [0.4, 0.5) is 11.8 Å². The second-order valence-corrected chi connectivity index (χ2v) is 5.03. The summed E-state index contributed by atoms with van der Waals surface area (Å²) >= 11 is 0. The van der Waals surface area contributed by atoms with E-state index in [0.29, 0.717) is 11.6 Å². The molecule has 0 radical (unpaired) electrons. The van der Waals surface area contributed by atoms with Gasteiger partial charge in [-0.2, -0.15) is 9.97 Å². The predicted molar refractivity (Wildman–Crippen MR) is 71.3 cm³/mol. The molecule has 6 heteroatoms. The molecule has 1 aliphatic heterocycles. The van der Waals surface area contributed by atoms with E-state index in [1.54, 1.807) is 6.33 Å². The summed E-state index contributed by atoms with van der Waals surface area (Å²) < 4.78 is 0. The Labute approximate surface area is 106 Å². The lowest BCUT2D eigenvalue weighted by Crippen LogP contribution is -2.26. The normalized spacial score (nSPS) is 21.2. The molecule has 0 aromatic carbocycles. The van der Waals surface area contributed by atoms with Gasteiger partial charge in [0.2, 0.25) is 5.95 Å². The molecule has 2 aromatic rings. The third-order valence-electron chi connectivity index (χ3n) is 3.60. The summed E-state index contributed by atoms with van der Waals surface area (Å²) in [5, 5.41) is 0. The smallest absolute Gasteiger partial charge is 0.224 e. The van der Waals surface area contributed by atoms with Gasteiger partial charge in [0.25, 0.3) is 0 Å². The molecule has 3 rings (SSSR count). The number of aromatic nitrogens is 4. The lowest BCUT2D eigenvalue weighted by molar-refractivity contribution is 0.521. The highest BCUT2D eigenvalue weighted by Gasteiger charge is 2.19. The van der Waals surface area contributed by atoms with E-state index in [-0.39, 0.29) is 0 Å². The molecule has 1 atom stereocenters. The molecule has 3 heterocycles. The number of rotatable bonds is 1. The quantitative estimate of drug-likeness (QED) is 0.797. The van der Waals surface area contributed by atoms with Crippen LogP contribution < -0.4 is 10.6 Å². The zero-order valence-corrected chi connectivity index (χ0v) is 10.6. The van der Waals surface area contributed by atoms with Crippen molar-refractivity contribution in [3.63, 3.8) is 0 Å². The van der Waals surface area contributed by atoms with Crippen molar-refractivity contribution in [2.75, 3.05) is 23.7 Å². The molecule has 3 N–H and O–H groups in total. The van der Waals surface area contributed by atoms with Crippen LogP contribution in [0.5, 0.6) is 0 Å². The maximum absolute atomic E-state index is 5.75. The molecule has 0 spiro atoms. The van der Waals surface area contributed by atoms with Gasteiger partial charge in [0.1, 0.15) is 5.52 Å². The predicted octanol–water partition coefficient (Wildman–Crippen LogP) is 1.56. The van der Waals surface area contributed by atoms with Crippen molar-refractivity contribution in [2.45, 2.75) is 26.2 Å². The average Bonchev–Trinajstić information content (AvgIpc) is 2.70. The number of anilines is 2. The number of aromatic amines is 1. The van der Waals surface area contributed by atoms with Gasteiger partial charge in [0, 0.05) is 13.1 Å². The van der Waals surface area contributed by atoms with Crippen LogP contribution in [0.1, 0.15) is 26.2 Å². The van der Waals surface area contributed by atoms with E-state index >= 15 is 0 Å². The number of nitrogen functional groups attached to an aromatic ring is 1. The number of nitrogens with zero attached hydrogens (tertiary/aromatic N) is 4. The van der Waals surface area contributed by atoms with E-state index in [1.165, 1.54) is 19.3 Å². The SMILES string of the molecule is CC1CCCN(c2nc(N)nc3nc[nH]c23)CC1. The summed E-state index contributed by atoms with van der Waals surface area (Å²) in [6, 6.07) is 0. The second kappa shape index (κ2) is 4.44. The first-order valence-corrected chi connectivity index (χ1v) is 6.45. The van der Waals surface area contributed by atoms with E-state index in [2.05, 4.69) is 31.8 Å². The first-order chi connectivity index (χ1) is 8.74. The summed E-state index contributed by atoms with van der Waals surface area (Å²) in [6.45, 7) is 4.35. The summed E-state index contributed by atoms with van der Waals surface area (Å²) in [7, 11) is 0. The van der Waals surface area contributed by atoms with Gasteiger partial charge in [-0.25, -0.2) is 4.98 Å². The minimum absolute atomic E-state index is 0.293. The van der Waals surface area contributed by atoms with Crippen LogP contribution in [0.3, 0.4) is 0 Å². The minimum atomic E-state index is 0.293. The van der Waals surface area contributed by atoms with Crippen LogP contribution in [-0.4, -0.2) is 33.0 Å². The molecule has 1 aliphatic rings. The fourth-order valence-electron chi connectivity index (χ4n) is 2.54. The van der Waals surface area contributed by atoms with Gasteiger partial charge in [-0.05, 0) is 25.2 Å². The summed E-state index contributed by atoms with van der Waals surface area (Å²) in [5.41, 5.74) is 7.29. The van der Waals surface area contributed by atoms with Crippen LogP contribution in [0.25, 0.3) is 11.2 Å². The average molecular weight is 246 g/mol. The third kappa shape index (κ3) is 1.98. The lowest BCUT2D eigenvalue weighted by atomic mass is 10.0. The molecule has 1 unspecified atom stereocenters. The highest BCUT2D eigenvalue weighted by molar-refractivity contribution is 5.84. The molecule has 0 bridgehead atoms. The van der Waals surface area contributed by atoms with E-state index in [1.807, 2.05) is 0 Å². The lowest BCUT2D eigenvalue weighted by Gasteiger charge is -2.21. The molecule has 1 fully saturated rings. The largest absolute Gasteiger partial charge is 0.368 e. The Bertz CT molecular complexity index is 548. The Balaban J connectivity index is 1.99. The van der Waals surface area contributed by atoms with Crippen molar-refractivity contribution < 1.29 is 0 Å². The first kappa shape index (κ1) is 11.3. The van der Waals surface area contributed by atoms with Crippen molar-refractivity contribution >= 4 is 22.9 Å². The van der Waals surface area contributed by atoms with Crippen molar-refractivity contribution in [2.24, 2.45) is 5.92 Å². The standard InChI is InChI=1S/C12H18N6/c1-8-3-2-5-18(6-4-8)11-9-10(15-7-14-9)16-12(13)17-11/h7-8H,2-6H2,1H3,(H3,13,14,15,16,17). The second-order valence-electron chi connectivity index (χ2n) is 5.03. The molecule has 0 amide bonds. The number of hydrogen-bond acceptors (Lipinski definition) is 5. The third-order valence-corrected chi connectivity index (χ3v) is 3.60. The summed E-state index contributed by atoms with van der Waals surface area (Å²) in [6.07, 6.45) is 5.31. The Morgan fingerprint density at radius 2 is 2.22 bits per heavy atom. The van der Waals surface area contributed by atoms with E-state index < -0.39 is 0 Å². The van der Waals surface area contributed by atoms with Crippen LogP contribution >= 0.6 is 0 Å². The van der Waals surface area contributed by atoms with Crippen molar-refractivity contribution in [3.05, 3.63) is 6.33 Å². The molecule has 96 valence electrons. The number of imidazole rings is 1. The molecule has 2 aromatic heterocycles. The van der Waals surface area contributed by atoms with Crippen molar-refractivity contribution in [3.8, 4) is 0 Å². The van der Waals surface area contributed by atoms with Gasteiger partial charge in [0.15, 0.2) is 11.5 Å². The Hall–Kier alpha value is -1.85. The van der Waals surface area contributed by atoms with Crippen LogP contribution in [-0.2, 0) is 0 Å². The van der Waals surface area contributed by atoms with Gasteiger partial charge >= 0.3 is 0 Å². The highest BCUT2D eigenvalue weighted by Crippen LogP contribution is 2.25. The van der Waals surface area contributed by atoms with Gasteiger partial charge in [-0.3, -0.25) is 0 Å². The van der Waals surface area contributed by atoms with Gasteiger partial charge in [0.05, 0.1) is 6.33 Å². The van der Waals surface area contributed by atoms with Crippen LogP contribution in [0, 0.1) is 5.92 Å². The van der Waals surface area contributed by atoms with Gasteiger partial charge in [-0.1, -0.05) is 6.92 Å². The van der Waals surface area contributed by atoms with Gasteiger partial charge < -0.3 is 15.6 Å². The molecule has 1 saturated heterocycles. The number of fused-ring (bicyclic) bond motifs is 1. The van der Waals surface area contributed by atoms with Crippen molar-refractivity contribution in [1.82, 2.24) is 19.9 Å². The Morgan fingerprint density at radius 3 is 3.11 bits per heavy atom. The first-order valence-electron chi connectivity index (χ1n) is 6.45. The molecular weight excluding hydrogens is 228 g/mol. The maximum atomic E-state index is 5.75. The number of nitrogens with one attached hydrogen (secondary N) is 1. The molecule has 0 saturated carbocycles. The highest BCUT2D eigenvalue weighted by atomic mass is 15.2. The Kier molecular flexibility index (Phi) is 2.77. The minimum Gasteiger partial charge on any atom is -0.368 e. The van der Waals surface area contributed by atoms with E-state index in [4.69, 9.17) is 5.73 Å². The fourth-order valence-corrected chi connectivity index (χ4v) is 2.54. The van der Waals surface area contributed by atoms with Crippen LogP contribution in [0.15, 0.2) is 6.33 Å². The summed E-state index contributed by atoms with van der Waals surface area (Å²) in [5.74, 6) is 1.97. The van der Waals surface area contributed by atoms with E-state index in [9.17, 15) is 0 Å². The Morgan fingerprint density at radius 1 is 1.33 bits per heavy atom. The van der Waals surface area contributed by atoms with E-state index in [0.717, 1.165) is 30.3 Å². The van der Waals surface area contributed by atoms with Gasteiger partial charge in [-0.15, -0.1) is 0 Å². The van der Waals surface area contributed by atoms with Crippen LogP contribution in [0.2, 0.25) is 0 Å². The number of H-pyrrole nitrogens is 1. The zero-order valence-electron chi connectivity index (χ0n) is 10.6. The number of hydrogen-bond donors (Lipinski definition) is 2. The topological polar surface area (TPSA) is 83.7 Å².